The van der Waals surface area contributed by atoms with Crippen molar-refractivity contribution in [2.75, 3.05) is 5.32 Å². The molecule has 0 atom stereocenters. The van der Waals surface area contributed by atoms with Gasteiger partial charge in [0.2, 0.25) is 5.95 Å². The lowest BCUT2D eigenvalue weighted by Gasteiger charge is -2.08. The molecule has 0 bridgehead atoms. The average Bonchev–Trinajstić information content (AvgIpc) is 3.06. The van der Waals surface area contributed by atoms with E-state index in [1.165, 1.54) is 31.3 Å². The summed E-state index contributed by atoms with van der Waals surface area (Å²) in [5.41, 5.74) is -1.80. The Hall–Kier alpha value is -3.30. The van der Waals surface area contributed by atoms with Crippen LogP contribution in [-0.4, -0.2) is 20.7 Å². The van der Waals surface area contributed by atoms with E-state index in [0.717, 1.165) is 16.8 Å². The molecule has 29 heavy (non-hydrogen) atoms. The number of rotatable bonds is 3. The first-order valence-corrected chi connectivity index (χ1v) is 8.51. The monoisotopic (exact) mass is 412 g/mol. The Labute approximate surface area is 163 Å². The van der Waals surface area contributed by atoms with Crippen LogP contribution < -0.4 is 5.32 Å². The SMILES string of the molecule is CC.Cn1nc(C(F)(F)F)cc1-c1ccc(NC(=O)c2ccccc2F)nc1F. The topological polar surface area (TPSA) is 59.8 Å². The third kappa shape index (κ3) is 4.95. The summed E-state index contributed by atoms with van der Waals surface area (Å²) < 4.78 is 67.0. The average molecular weight is 412 g/mol. The number of anilines is 1. The van der Waals surface area contributed by atoms with Crippen LogP contribution in [0.5, 0.6) is 0 Å². The van der Waals surface area contributed by atoms with E-state index in [-0.39, 0.29) is 22.6 Å². The molecule has 1 aromatic carbocycles. The van der Waals surface area contributed by atoms with Crippen molar-refractivity contribution in [2.45, 2.75) is 20.0 Å². The smallest absolute Gasteiger partial charge is 0.306 e. The zero-order chi connectivity index (χ0) is 21.8. The van der Waals surface area contributed by atoms with Crippen LogP contribution in [0.2, 0.25) is 0 Å². The van der Waals surface area contributed by atoms with Gasteiger partial charge in [0.05, 0.1) is 16.8 Å². The number of hydrogen-bond donors (Lipinski definition) is 1. The largest absolute Gasteiger partial charge is 0.435 e. The Morgan fingerprint density at radius 3 is 2.28 bits per heavy atom. The second-order valence-electron chi connectivity index (χ2n) is 5.51. The molecule has 0 aliphatic heterocycles. The highest BCUT2D eigenvalue weighted by Gasteiger charge is 2.35. The van der Waals surface area contributed by atoms with Crippen LogP contribution >= 0.6 is 0 Å². The fourth-order valence-corrected chi connectivity index (χ4v) is 2.38. The van der Waals surface area contributed by atoms with Crippen molar-refractivity contribution in [2.24, 2.45) is 7.05 Å². The summed E-state index contributed by atoms with van der Waals surface area (Å²) in [6.07, 6.45) is -4.67. The molecule has 10 heteroatoms. The number of aromatic nitrogens is 3. The number of nitrogens with one attached hydrogen (secondary N) is 1. The minimum atomic E-state index is -4.67. The number of hydrogen-bond acceptors (Lipinski definition) is 3. The predicted molar refractivity (Wildman–Crippen MR) is 97.1 cm³/mol. The van der Waals surface area contributed by atoms with Gasteiger partial charge in [-0.1, -0.05) is 26.0 Å². The van der Waals surface area contributed by atoms with Crippen molar-refractivity contribution in [3.8, 4) is 11.3 Å². The Kier molecular flexibility index (Phi) is 6.68. The maximum atomic E-state index is 14.3. The van der Waals surface area contributed by atoms with Gasteiger partial charge in [0.1, 0.15) is 11.6 Å². The molecule has 0 saturated carbocycles. The number of halogens is 5. The van der Waals surface area contributed by atoms with E-state index in [9.17, 15) is 26.7 Å². The van der Waals surface area contributed by atoms with E-state index in [1.54, 1.807) is 0 Å². The quantitative estimate of drug-likeness (QED) is 0.483. The number of benzene rings is 1. The second-order valence-corrected chi connectivity index (χ2v) is 5.51. The molecule has 1 amide bonds. The van der Waals surface area contributed by atoms with Gasteiger partial charge >= 0.3 is 6.18 Å². The van der Waals surface area contributed by atoms with Crippen molar-refractivity contribution in [1.82, 2.24) is 14.8 Å². The standard InChI is InChI=1S/C17H11F5N4O.C2H6/c1-26-12(8-13(25-26)17(20,21)22)10-6-7-14(23-15(10)19)24-16(27)9-4-2-3-5-11(9)18;1-2/h2-8H,1H3,(H,23,24,27);1-2H3. The van der Waals surface area contributed by atoms with E-state index in [4.69, 9.17) is 0 Å². The first-order chi connectivity index (χ1) is 13.7. The Bertz CT molecular complexity index is 1010. The number of carbonyl (C=O) groups is 1. The third-order valence-electron chi connectivity index (χ3n) is 3.66. The van der Waals surface area contributed by atoms with E-state index in [2.05, 4.69) is 15.4 Å². The maximum Gasteiger partial charge on any atom is 0.435 e. The van der Waals surface area contributed by atoms with Gasteiger partial charge in [-0.15, -0.1) is 0 Å². The molecule has 154 valence electrons. The number of aryl methyl sites for hydroxylation is 1. The lowest BCUT2D eigenvalue weighted by molar-refractivity contribution is -0.141. The summed E-state index contributed by atoms with van der Waals surface area (Å²) in [6, 6.07) is 8.22. The molecule has 0 spiro atoms. The van der Waals surface area contributed by atoms with Crippen molar-refractivity contribution in [1.29, 1.82) is 0 Å². The number of alkyl halides is 3. The van der Waals surface area contributed by atoms with Crippen LogP contribution in [0.3, 0.4) is 0 Å². The molecule has 3 rings (SSSR count). The number of pyridine rings is 1. The zero-order valence-corrected chi connectivity index (χ0v) is 15.7. The highest BCUT2D eigenvalue weighted by atomic mass is 19.4. The van der Waals surface area contributed by atoms with Crippen LogP contribution in [0, 0.1) is 11.8 Å². The van der Waals surface area contributed by atoms with Crippen LogP contribution in [0.4, 0.5) is 27.8 Å². The van der Waals surface area contributed by atoms with Crippen LogP contribution in [0.1, 0.15) is 29.9 Å². The van der Waals surface area contributed by atoms with Crippen molar-refractivity contribution in [3.63, 3.8) is 0 Å². The van der Waals surface area contributed by atoms with Crippen LogP contribution in [-0.2, 0) is 13.2 Å². The molecule has 1 N–H and O–H groups in total. The minimum absolute atomic E-state index is 0.140. The van der Waals surface area contributed by atoms with E-state index in [0.29, 0.717) is 6.07 Å². The Balaban J connectivity index is 0.00000145. The molecule has 0 fully saturated rings. The Morgan fingerprint density at radius 1 is 1.07 bits per heavy atom. The lowest BCUT2D eigenvalue weighted by Crippen LogP contribution is -2.15. The summed E-state index contributed by atoms with van der Waals surface area (Å²) in [7, 11) is 1.23. The van der Waals surface area contributed by atoms with E-state index in [1.807, 2.05) is 13.8 Å². The summed E-state index contributed by atoms with van der Waals surface area (Å²) in [5.74, 6) is -2.94. The van der Waals surface area contributed by atoms with Crippen molar-refractivity contribution < 1.29 is 26.7 Å². The van der Waals surface area contributed by atoms with Gasteiger partial charge in [0.25, 0.3) is 5.91 Å². The maximum absolute atomic E-state index is 14.3. The highest BCUT2D eigenvalue weighted by molar-refractivity contribution is 6.03. The summed E-state index contributed by atoms with van der Waals surface area (Å²) in [6.45, 7) is 4.00. The lowest BCUT2D eigenvalue weighted by atomic mass is 10.2. The van der Waals surface area contributed by atoms with Gasteiger partial charge in [-0.2, -0.15) is 22.7 Å². The van der Waals surface area contributed by atoms with Crippen LogP contribution in [0.15, 0.2) is 42.5 Å². The number of nitrogens with zero attached hydrogens (tertiary/aromatic N) is 3. The number of amides is 1. The van der Waals surface area contributed by atoms with E-state index >= 15 is 0 Å². The molecule has 2 heterocycles. The predicted octanol–water partition coefficient (Wildman–Crippen LogP) is 5.06. The first kappa shape index (κ1) is 22.0. The van der Waals surface area contributed by atoms with Crippen LogP contribution in [0.25, 0.3) is 11.3 Å². The molecule has 2 aromatic heterocycles. The highest BCUT2D eigenvalue weighted by Crippen LogP contribution is 2.32. The molecule has 0 saturated heterocycles. The fraction of sp³-hybridized carbons (Fsp3) is 0.211. The fourth-order valence-electron chi connectivity index (χ4n) is 2.38. The molecule has 5 nitrogen and oxygen atoms in total. The van der Waals surface area contributed by atoms with Crippen molar-refractivity contribution in [3.05, 3.63) is 65.5 Å². The van der Waals surface area contributed by atoms with Gasteiger partial charge < -0.3 is 5.32 Å². The van der Waals surface area contributed by atoms with Gasteiger partial charge in [-0.25, -0.2) is 9.37 Å². The molecule has 0 unspecified atom stereocenters. The zero-order valence-electron chi connectivity index (χ0n) is 15.7. The van der Waals surface area contributed by atoms with Gasteiger partial charge in [-0.3, -0.25) is 9.48 Å². The summed E-state index contributed by atoms with van der Waals surface area (Å²) in [4.78, 5) is 15.5. The van der Waals surface area contributed by atoms with Gasteiger partial charge in [-0.05, 0) is 30.3 Å². The molecule has 3 aromatic rings. The molecular weight excluding hydrogens is 395 g/mol. The normalized spacial score (nSPS) is 10.9. The second kappa shape index (κ2) is 8.80. The molecule has 0 radical (unpaired) electrons. The van der Waals surface area contributed by atoms with Gasteiger partial charge in [0, 0.05) is 7.05 Å². The number of carbonyl (C=O) groups excluding carboxylic acids is 1. The minimum Gasteiger partial charge on any atom is -0.306 e. The molecule has 0 aliphatic carbocycles. The molecular formula is C19H17F5N4O. The third-order valence-corrected chi connectivity index (χ3v) is 3.66. The Morgan fingerprint density at radius 2 is 1.72 bits per heavy atom. The summed E-state index contributed by atoms with van der Waals surface area (Å²) in [5, 5.41) is 5.54. The van der Waals surface area contributed by atoms with E-state index < -0.39 is 29.5 Å². The summed E-state index contributed by atoms with van der Waals surface area (Å²) >= 11 is 0. The van der Waals surface area contributed by atoms with Crippen molar-refractivity contribution >= 4 is 11.7 Å². The van der Waals surface area contributed by atoms with Gasteiger partial charge in [0.15, 0.2) is 5.69 Å². The molecule has 0 aliphatic rings. The first-order valence-electron chi connectivity index (χ1n) is 8.51.